The van der Waals surface area contributed by atoms with E-state index in [9.17, 15) is 0 Å². The van der Waals surface area contributed by atoms with Crippen molar-refractivity contribution in [3.05, 3.63) is 43.8 Å². The molecule has 214 valence electrons. The molecule has 2 heterocycles. The van der Waals surface area contributed by atoms with Crippen molar-refractivity contribution in [1.29, 1.82) is 0 Å². The molecule has 0 saturated heterocycles. The molecule has 0 saturated carbocycles. The molecule has 0 unspecified atom stereocenters. The van der Waals surface area contributed by atoms with Crippen LogP contribution in [-0.2, 0) is 22.5 Å². The molecular formula is C32H50K2O3S2Si. The third kappa shape index (κ3) is 29.5. The third-order valence-electron chi connectivity index (χ3n) is 5.62. The van der Waals surface area contributed by atoms with Gasteiger partial charge < -0.3 is 11.6 Å². The average molecular weight is 653 g/mol. The number of carbonyl (C=O) groups excluding carboxylic acids is 1. The monoisotopic (exact) mass is 652 g/mol. The van der Waals surface area contributed by atoms with Gasteiger partial charge in [0.05, 0.1) is 9.75 Å². The Morgan fingerprint density at radius 1 is 0.800 bits per heavy atom. The van der Waals surface area contributed by atoms with Gasteiger partial charge in [0, 0.05) is 9.75 Å². The summed E-state index contributed by atoms with van der Waals surface area (Å²) in [6.07, 6.45) is 24.2. The minimum atomic E-state index is -1.23. The van der Waals surface area contributed by atoms with Crippen molar-refractivity contribution < 1.29 is 119 Å². The molecule has 0 aromatic carbocycles. The van der Waals surface area contributed by atoms with E-state index in [1.54, 1.807) is 11.3 Å². The molecule has 0 bridgehead atoms. The summed E-state index contributed by atoms with van der Waals surface area (Å²) in [6.45, 7) is 11.2. The number of aryl methyl sites for hydroxylation is 2. The predicted molar refractivity (Wildman–Crippen MR) is 169 cm³/mol. The minimum absolute atomic E-state index is 0. The molecule has 0 N–H and O–H groups in total. The predicted octanol–water partition coefficient (Wildman–Crippen LogP) is 3.07. The fraction of sp³-hybridized carbons (Fsp3) is 0.594. The molecule has 8 heteroatoms. The Morgan fingerprint density at radius 2 is 1.20 bits per heavy atom. The molecule has 2 aromatic rings. The van der Waals surface area contributed by atoms with Gasteiger partial charge in [-0.25, -0.2) is 0 Å². The van der Waals surface area contributed by atoms with Crippen LogP contribution in [-0.4, -0.2) is 14.5 Å². The maximum Gasteiger partial charge on any atom is 1.00 e. The van der Waals surface area contributed by atoms with Gasteiger partial charge in [0.15, 0.2) is 0 Å². The van der Waals surface area contributed by atoms with Gasteiger partial charge in [-0.2, -0.15) is 0 Å². The van der Waals surface area contributed by atoms with Crippen molar-refractivity contribution in [2.45, 2.75) is 123 Å². The number of terminal acetylenes is 1. The van der Waals surface area contributed by atoms with E-state index in [0.717, 1.165) is 4.88 Å². The zero-order valence-corrected chi connectivity index (χ0v) is 35.3. The van der Waals surface area contributed by atoms with Gasteiger partial charge in [-0.05, 0) is 49.9 Å². The first-order chi connectivity index (χ1) is 18.3. The summed E-state index contributed by atoms with van der Waals surface area (Å²) in [5.74, 6) is 6.04. The van der Waals surface area contributed by atoms with Gasteiger partial charge in [0.1, 0.15) is 8.07 Å². The standard InChI is InChI=1S/C17H28SSi.C14H20S.CH2O3.2K.H/c1-5-6-7-8-9-10-11-16-12-13-17(18-16)14-15-19(2,3)4;1-3-5-6-7-8-9-10-14-12-11-13(4-2)15-14;2-1-4-3;;;/h12-13H,5-11H2,1-4H3;2,11-12H,3,5-10H2,1H3;1,3H;;;/q;;;2*+1;-1/p-1. The normalized spacial score (nSPS) is 9.62. The Morgan fingerprint density at radius 3 is 1.57 bits per heavy atom. The van der Waals surface area contributed by atoms with Gasteiger partial charge in [-0.3, -0.25) is 4.79 Å². The summed E-state index contributed by atoms with van der Waals surface area (Å²) in [7, 11) is -1.23. The van der Waals surface area contributed by atoms with Crippen LogP contribution in [0.25, 0.3) is 0 Å². The molecule has 0 atom stereocenters. The number of unbranched alkanes of at least 4 members (excludes halogenated alkanes) is 10. The van der Waals surface area contributed by atoms with Crippen molar-refractivity contribution in [2.24, 2.45) is 0 Å². The van der Waals surface area contributed by atoms with E-state index in [1.165, 1.54) is 105 Å². The minimum Gasteiger partial charge on any atom is -1.00 e. The molecule has 40 heavy (non-hydrogen) atoms. The van der Waals surface area contributed by atoms with Crippen LogP contribution >= 0.6 is 22.7 Å². The SMILES string of the molecule is C#Cc1ccc(CCCCCCCC)s1.CCCCCCCCc1ccc(C#C[Si](C)(C)C)s1.O=CO[O-].[H-].[K+].[K+]. The van der Waals surface area contributed by atoms with Crippen molar-refractivity contribution >= 4 is 37.2 Å². The Kier molecular flexibility index (Phi) is 36.5. The summed E-state index contributed by atoms with van der Waals surface area (Å²) in [4.78, 5) is 16.5. The molecule has 0 radical (unpaired) electrons. The van der Waals surface area contributed by atoms with Crippen LogP contribution in [0.5, 0.6) is 0 Å². The van der Waals surface area contributed by atoms with Crippen molar-refractivity contribution in [1.82, 2.24) is 0 Å². The molecule has 0 aliphatic rings. The Bertz CT molecular complexity index is 957. The van der Waals surface area contributed by atoms with Crippen LogP contribution in [0, 0.1) is 23.8 Å². The molecule has 0 fully saturated rings. The van der Waals surface area contributed by atoms with Crippen LogP contribution in [0.4, 0.5) is 0 Å². The summed E-state index contributed by atoms with van der Waals surface area (Å²) >= 11 is 3.66. The summed E-state index contributed by atoms with van der Waals surface area (Å²) < 4.78 is 0. The summed E-state index contributed by atoms with van der Waals surface area (Å²) in [6, 6.07) is 8.69. The van der Waals surface area contributed by atoms with Crippen molar-refractivity contribution in [3.8, 4) is 23.8 Å². The Labute approximate surface area is 341 Å². The molecule has 0 spiro atoms. The number of thiophene rings is 2. The van der Waals surface area contributed by atoms with E-state index in [-0.39, 0.29) is 111 Å². The van der Waals surface area contributed by atoms with Crippen LogP contribution < -0.4 is 108 Å². The number of carbonyl (C=O) groups is 1. The van der Waals surface area contributed by atoms with Gasteiger partial charge in [0.25, 0.3) is 6.47 Å². The van der Waals surface area contributed by atoms with E-state index in [1.807, 2.05) is 11.3 Å². The average Bonchev–Trinajstić information content (AvgIpc) is 3.56. The fourth-order valence-corrected chi connectivity index (χ4v) is 5.94. The van der Waals surface area contributed by atoms with Crippen LogP contribution in [0.2, 0.25) is 19.6 Å². The van der Waals surface area contributed by atoms with Crippen LogP contribution in [0.15, 0.2) is 24.3 Å². The van der Waals surface area contributed by atoms with Crippen LogP contribution in [0.3, 0.4) is 0 Å². The molecule has 2 rings (SSSR count). The smallest absolute Gasteiger partial charge is 1.00 e. The molecule has 3 nitrogen and oxygen atoms in total. The van der Waals surface area contributed by atoms with E-state index < -0.39 is 8.07 Å². The van der Waals surface area contributed by atoms with E-state index in [2.05, 4.69) is 80.0 Å². The number of hydrogen-bond acceptors (Lipinski definition) is 5. The van der Waals surface area contributed by atoms with Crippen molar-refractivity contribution in [3.63, 3.8) is 0 Å². The first-order valence-electron chi connectivity index (χ1n) is 14.2. The zero-order valence-electron chi connectivity index (χ0n) is 27.4. The quantitative estimate of drug-likeness (QED) is 0.0743. The zero-order chi connectivity index (χ0) is 28.5. The molecule has 0 aliphatic heterocycles. The third-order valence-corrected chi connectivity index (χ3v) is 8.63. The maximum absolute atomic E-state index is 8.64. The van der Waals surface area contributed by atoms with Gasteiger partial charge in [-0.15, -0.1) is 34.6 Å². The molecule has 0 aliphatic carbocycles. The second-order valence-corrected chi connectivity index (χ2v) is 17.5. The Hall–Kier alpha value is 1.44. The molecule has 2 aromatic heterocycles. The fourth-order valence-electron chi connectivity index (χ4n) is 3.58. The number of rotatable bonds is 15. The van der Waals surface area contributed by atoms with Gasteiger partial charge >= 0.3 is 103 Å². The van der Waals surface area contributed by atoms with Gasteiger partial charge in [-0.1, -0.05) is 110 Å². The second-order valence-electron chi connectivity index (χ2n) is 10.4. The first-order valence-corrected chi connectivity index (χ1v) is 19.3. The Balaban J connectivity index is -0.000000282. The molecular weight excluding hydrogens is 603 g/mol. The van der Waals surface area contributed by atoms with Crippen LogP contribution in [0.1, 0.15) is 112 Å². The van der Waals surface area contributed by atoms with E-state index >= 15 is 0 Å². The number of hydrogen-bond donors (Lipinski definition) is 0. The van der Waals surface area contributed by atoms with E-state index in [4.69, 9.17) is 16.5 Å². The van der Waals surface area contributed by atoms with Gasteiger partial charge in [0.2, 0.25) is 0 Å². The molecule has 0 amide bonds. The topological polar surface area (TPSA) is 49.4 Å². The van der Waals surface area contributed by atoms with E-state index in [0.29, 0.717) is 0 Å². The summed E-state index contributed by atoms with van der Waals surface area (Å²) in [5.41, 5.74) is 3.44. The maximum atomic E-state index is 8.64. The summed E-state index contributed by atoms with van der Waals surface area (Å²) in [5, 5.41) is 8.43. The second kappa shape index (κ2) is 31.9. The largest absolute Gasteiger partial charge is 1.00 e. The first kappa shape index (κ1) is 45.9. The van der Waals surface area contributed by atoms with Crippen molar-refractivity contribution in [2.75, 3.05) is 0 Å².